The van der Waals surface area contributed by atoms with Crippen LogP contribution in [0.3, 0.4) is 0 Å². The van der Waals surface area contributed by atoms with E-state index in [1.165, 1.54) is 0 Å². The summed E-state index contributed by atoms with van der Waals surface area (Å²) in [5.74, 6) is -2.18. The van der Waals surface area contributed by atoms with Gasteiger partial charge >= 0.3 is 0 Å². The number of carbonyl (C=O) groups is 1. The molecule has 14 heavy (non-hydrogen) atoms. The van der Waals surface area contributed by atoms with E-state index in [1.807, 2.05) is 0 Å². The summed E-state index contributed by atoms with van der Waals surface area (Å²) in [7, 11) is -3.86. The second-order valence-corrected chi connectivity index (χ2v) is 4.68. The van der Waals surface area contributed by atoms with Gasteiger partial charge in [-0.3, -0.25) is 4.79 Å². The van der Waals surface area contributed by atoms with E-state index in [1.54, 1.807) is 0 Å². The van der Waals surface area contributed by atoms with Crippen molar-refractivity contribution >= 4 is 16.1 Å². The smallest absolute Gasteiger partial charge is 0.178 e. The molecule has 0 aliphatic carbocycles. The van der Waals surface area contributed by atoms with Gasteiger partial charge in [-0.2, -0.15) is 0 Å². The van der Waals surface area contributed by atoms with Gasteiger partial charge in [-0.1, -0.05) is 0 Å². The minimum Gasteiger partial charge on any atom is -0.298 e. The van der Waals surface area contributed by atoms with E-state index in [0.717, 1.165) is 6.26 Å². The average molecular weight is 220 g/mol. The second kappa shape index (κ2) is 3.45. The molecule has 1 rings (SSSR count). The second-order valence-electron chi connectivity index (χ2n) is 2.70. The molecule has 0 radical (unpaired) electrons. The van der Waals surface area contributed by atoms with Crippen LogP contribution < -0.4 is 0 Å². The molecule has 0 saturated heterocycles. The van der Waals surface area contributed by atoms with Crippen LogP contribution in [-0.2, 0) is 9.84 Å². The van der Waals surface area contributed by atoms with Gasteiger partial charge in [0.15, 0.2) is 21.9 Å². The Kier molecular flexibility index (Phi) is 2.66. The first kappa shape index (κ1) is 10.8. The summed E-state index contributed by atoms with van der Waals surface area (Å²) in [5, 5.41) is 0. The van der Waals surface area contributed by atoms with Crippen LogP contribution in [-0.4, -0.2) is 21.0 Å². The van der Waals surface area contributed by atoms with E-state index in [4.69, 9.17) is 0 Å². The van der Waals surface area contributed by atoms with Crippen LogP contribution in [0, 0.1) is 11.6 Å². The number of carbonyl (C=O) groups excluding carboxylic acids is 1. The normalized spacial score (nSPS) is 11.4. The predicted octanol–water partition coefficient (Wildman–Crippen LogP) is 1.18. The molecule has 76 valence electrons. The third-order valence-electron chi connectivity index (χ3n) is 1.56. The van der Waals surface area contributed by atoms with Crippen molar-refractivity contribution in [2.24, 2.45) is 0 Å². The highest BCUT2D eigenvalue weighted by Crippen LogP contribution is 2.18. The lowest BCUT2D eigenvalue weighted by Crippen LogP contribution is -2.04. The third-order valence-corrected chi connectivity index (χ3v) is 2.65. The summed E-state index contributed by atoms with van der Waals surface area (Å²) in [6.45, 7) is 0. The maximum absolute atomic E-state index is 13.2. The molecule has 0 atom stereocenters. The zero-order valence-electron chi connectivity index (χ0n) is 7.12. The number of benzene rings is 1. The zero-order valence-corrected chi connectivity index (χ0v) is 7.94. The number of halogens is 2. The number of sulfone groups is 1. The van der Waals surface area contributed by atoms with Crippen molar-refractivity contribution in [1.82, 2.24) is 0 Å². The molecule has 0 fully saturated rings. The van der Waals surface area contributed by atoms with Gasteiger partial charge in [0.2, 0.25) is 0 Å². The van der Waals surface area contributed by atoms with Gasteiger partial charge in [-0.15, -0.1) is 0 Å². The highest BCUT2D eigenvalue weighted by atomic mass is 32.2. The largest absolute Gasteiger partial charge is 0.298 e. The molecule has 0 saturated carbocycles. The van der Waals surface area contributed by atoms with Crippen LogP contribution in [0.15, 0.2) is 17.0 Å². The molecular formula is C8H6F2O3S. The molecule has 1 aromatic carbocycles. The van der Waals surface area contributed by atoms with Crippen molar-refractivity contribution in [2.45, 2.75) is 4.90 Å². The van der Waals surface area contributed by atoms with Gasteiger partial charge in [0, 0.05) is 6.26 Å². The molecule has 0 N–H and O–H groups in total. The summed E-state index contributed by atoms with van der Waals surface area (Å²) in [4.78, 5) is 9.45. The number of hydrogen-bond acceptors (Lipinski definition) is 3. The van der Waals surface area contributed by atoms with Crippen molar-refractivity contribution in [3.8, 4) is 0 Å². The maximum atomic E-state index is 13.2. The molecule has 0 aliphatic rings. The van der Waals surface area contributed by atoms with E-state index in [2.05, 4.69) is 0 Å². The fourth-order valence-corrected chi connectivity index (χ4v) is 1.71. The van der Waals surface area contributed by atoms with Gasteiger partial charge in [0.25, 0.3) is 0 Å². The standard InChI is InChI=1S/C8H6F2O3S/c1-14(12,13)7-3-6(9)2-5(4-11)8(7)10/h2-4H,1H3. The first-order valence-corrected chi connectivity index (χ1v) is 5.39. The number of hydrogen-bond donors (Lipinski definition) is 0. The lowest BCUT2D eigenvalue weighted by molar-refractivity contribution is 0.111. The van der Waals surface area contributed by atoms with E-state index < -0.39 is 31.9 Å². The van der Waals surface area contributed by atoms with Crippen LogP contribution in [0.5, 0.6) is 0 Å². The molecular weight excluding hydrogens is 214 g/mol. The molecule has 0 spiro atoms. The molecule has 0 amide bonds. The SMILES string of the molecule is CS(=O)(=O)c1cc(F)cc(C=O)c1F. The van der Waals surface area contributed by atoms with Crippen LogP contribution >= 0.6 is 0 Å². The van der Waals surface area contributed by atoms with E-state index >= 15 is 0 Å². The van der Waals surface area contributed by atoms with Gasteiger partial charge in [-0.05, 0) is 12.1 Å². The molecule has 3 nitrogen and oxygen atoms in total. The molecule has 0 aromatic heterocycles. The molecule has 0 unspecified atom stereocenters. The summed E-state index contributed by atoms with van der Waals surface area (Å²) in [5.41, 5.74) is -0.606. The average Bonchev–Trinajstić information content (AvgIpc) is 2.06. The van der Waals surface area contributed by atoms with Crippen molar-refractivity contribution < 1.29 is 22.0 Å². The van der Waals surface area contributed by atoms with Crippen LogP contribution in [0.2, 0.25) is 0 Å². The minimum absolute atomic E-state index is 0.0626. The summed E-state index contributed by atoms with van der Waals surface area (Å²) < 4.78 is 47.8. The van der Waals surface area contributed by atoms with Crippen LogP contribution in [0.25, 0.3) is 0 Å². The summed E-state index contributed by atoms with van der Waals surface area (Å²) in [6.07, 6.45) is 0.798. The Morgan fingerprint density at radius 1 is 1.29 bits per heavy atom. The van der Waals surface area contributed by atoms with Crippen molar-refractivity contribution in [3.05, 3.63) is 29.3 Å². The first-order valence-electron chi connectivity index (χ1n) is 3.50. The molecule has 0 bridgehead atoms. The number of rotatable bonds is 2. The maximum Gasteiger partial charge on any atom is 0.178 e. The van der Waals surface area contributed by atoms with Gasteiger partial charge in [0.1, 0.15) is 10.7 Å². The van der Waals surface area contributed by atoms with Crippen molar-refractivity contribution in [3.63, 3.8) is 0 Å². The van der Waals surface area contributed by atoms with E-state index in [0.29, 0.717) is 12.1 Å². The van der Waals surface area contributed by atoms with Gasteiger partial charge in [-0.25, -0.2) is 17.2 Å². The monoisotopic (exact) mass is 220 g/mol. The Morgan fingerprint density at radius 2 is 1.86 bits per heavy atom. The first-order chi connectivity index (χ1) is 6.36. The lowest BCUT2D eigenvalue weighted by Gasteiger charge is -2.02. The summed E-state index contributed by atoms with van der Waals surface area (Å²) in [6, 6.07) is 1.18. The Morgan fingerprint density at radius 3 is 2.29 bits per heavy atom. The highest BCUT2D eigenvalue weighted by molar-refractivity contribution is 7.90. The molecule has 6 heteroatoms. The Balaban J connectivity index is 3.61. The quantitative estimate of drug-likeness (QED) is 0.703. The highest BCUT2D eigenvalue weighted by Gasteiger charge is 2.18. The molecule has 1 aromatic rings. The van der Waals surface area contributed by atoms with Crippen molar-refractivity contribution in [1.29, 1.82) is 0 Å². The predicted molar refractivity (Wildman–Crippen MR) is 44.9 cm³/mol. The van der Waals surface area contributed by atoms with E-state index in [-0.39, 0.29) is 6.29 Å². The van der Waals surface area contributed by atoms with E-state index in [9.17, 15) is 22.0 Å². The fraction of sp³-hybridized carbons (Fsp3) is 0.125. The number of aldehydes is 1. The van der Waals surface area contributed by atoms with Crippen LogP contribution in [0.1, 0.15) is 10.4 Å². The van der Waals surface area contributed by atoms with Crippen LogP contribution in [0.4, 0.5) is 8.78 Å². The third kappa shape index (κ3) is 1.95. The van der Waals surface area contributed by atoms with Gasteiger partial charge in [0.05, 0.1) is 5.56 Å². The Labute approximate surface area is 79.3 Å². The summed E-state index contributed by atoms with van der Waals surface area (Å²) >= 11 is 0. The molecule has 0 aliphatic heterocycles. The lowest BCUT2D eigenvalue weighted by atomic mass is 10.2. The Hall–Kier alpha value is -1.30. The zero-order chi connectivity index (χ0) is 10.9. The minimum atomic E-state index is -3.86. The fourth-order valence-electron chi connectivity index (χ4n) is 0.940. The molecule has 0 heterocycles. The Bertz CT molecular complexity index is 480. The topological polar surface area (TPSA) is 51.2 Å². The van der Waals surface area contributed by atoms with Gasteiger partial charge < -0.3 is 0 Å². The van der Waals surface area contributed by atoms with Crippen molar-refractivity contribution in [2.75, 3.05) is 6.26 Å².